The molecule has 0 saturated carbocycles. The summed E-state index contributed by atoms with van der Waals surface area (Å²) in [6.45, 7) is 0.212. The van der Waals surface area contributed by atoms with E-state index in [9.17, 15) is 10.2 Å². The van der Waals surface area contributed by atoms with Crippen molar-refractivity contribution in [2.75, 3.05) is 13.2 Å². The molecule has 0 aromatic carbocycles. The van der Waals surface area contributed by atoms with E-state index in [1.54, 1.807) is 0 Å². The van der Waals surface area contributed by atoms with Gasteiger partial charge >= 0.3 is 0 Å². The van der Waals surface area contributed by atoms with Crippen molar-refractivity contribution in [2.45, 2.75) is 89.9 Å². The first-order chi connectivity index (χ1) is 8.91. The van der Waals surface area contributed by atoms with Crippen LogP contribution in [0.3, 0.4) is 0 Å². The van der Waals surface area contributed by atoms with Gasteiger partial charge in [0.15, 0.2) is 0 Å². The molecule has 2 heteroatoms. The lowest BCUT2D eigenvalue weighted by Gasteiger charge is -2.02. The summed E-state index contributed by atoms with van der Waals surface area (Å²) in [7, 11) is 0. The molecule has 2 nitrogen and oxygen atoms in total. The van der Waals surface area contributed by atoms with Crippen molar-refractivity contribution < 1.29 is 10.2 Å². The standard InChI is InChI=1S/C16H32O2/c17-15-13-11-9-7-5-3-1-2-4-6-8-10-12-14-16-18/h1-16H2. The Morgan fingerprint density at radius 3 is 0.611 bits per heavy atom. The zero-order valence-electron chi connectivity index (χ0n) is 12.1. The van der Waals surface area contributed by atoms with Crippen molar-refractivity contribution in [3.8, 4) is 0 Å². The fourth-order valence-corrected chi connectivity index (χ4v) is 2.33. The zero-order valence-corrected chi connectivity index (χ0v) is 12.1. The van der Waals surface area contributed by atoms with Crippen LogP contribution in [0.15, 0.2) is 0 Å². The molecule has 0 saturated heterocycles. The van der Waals surface area contributed by atoms with Gasteiger partial charge in [-0.3, -0.25) is 0 Å². The third kappa shape index (κ3) is 15.9. The van der Waals surface area contributed by atoms with Crippen LogP contribution in [0.25, 0.3) is 0 Å². The van der Waals surface area contributed by atoms with Crippen LogP contribution in [0.1, 0.15) is 89.9 Å². The van der Waals surface area contributed by atoms with E-state index in [0.29, 0.717) is 0 Å². The Labute approximate surface area is 114 Å². The van der Waals surface area contributed by atoms with Gasteiger partial charge < -0.3 is 0 Å². The molecule has 0 aliphatic carbocycles. The van der Waals surface area contributed by atoms with Gasteiger partial charge in [0.2, 0.25) is 0 Å². The lowest BCUT2D eigenvalue weighted by atomic mass is 10.0. The summed E-state index contributed by atoms with van der Waals surface area (Å²) >= 11 is 0. The molecule has 0 unspecified atom stereocenters. The predicted octanol–water partition coefficient (Wildman–Crippen LogP) is 5.31. The Morgan fingerprint density at radius 1 is 0.278 bits per heavy atom. The largest absolute Gasteiger partial charge is 0.237 e. The molecule has 0 rings (SSSR count). The topological polar surface area (TPSA) is 39.8 Å². The van der Waals surface area contributed by atoms with Crippen molar-refractivity contribution in [3.05, 3.63) is 0 Å². The minimum Gasteiger partial charge on any atom is -0.237 e. The third-order valence-electron chi connectivity index (χ3n) is 3.54. The van der Waals surface area contributed by atoms with Crippen LogP contribution in [-0.2, 0) is 10.2 Å². The fourth-order valence-electron chi connectivity index (χ4n) is 2.33. The van der Waals surface area contributed by atoms with Gasteiger partial charge in [-0.2, -0.15) is 0 Å². The molecule has 0 aliphatic rings. The summed E-state index contributed by atoms with van der Waals surface area (Å²) in [4.78, 5) is 0. The van der Waals surface area contributed by atoms with Crippen LogP contribution in [0.4, 0.5) is 0 Å². The minimum absolute atomic E-state index is 0.106. The van der Waals surface area contributed by atoms with E-state index in [2.05, 4.69) is 0 Å². The number of unbranched alkanes of at least 4 members (excludes halogenated alkanes) is 13. The van der Waals surface area contributed by atoms with Crippen molar-refractivity contribution in [2.24, 2.45) is 0 Å². The Hall–Kier alpha value is -0.0800. The van der Waals surface area contributed by atoms with Crippen molar-refractivity contribution >= 4 is 0 Å². The fraction of sp³-hybridized carbons (Fsp3) is 1.00. The minimum atomic E-state index is 0.106. The van der Waals surface area contributed by atoms with Gasteiger partial charge in [-0.15, -0.1) is 0 Å². The summed E-state index contributed by atoms with van der Waals surface area (Å²) in [5.41, 5.74) is 0. The predicted molar refractivity (Wildman–Crippen MR) is 75.7 cm³/mol. The van der Waals surface area contributed by atoms with Gasteiger partial charge in [0.05, 0.1) is 13.2 Å². The monoisotopic (exact) mass is 256 g/mol. The summed E-state index contributed by atoms with van der Waals surface area (Å²) < 4.78 is 0. The molecule has 108 valence electrons. The van der Waals surface area contributed by atoms with E-state index in [4.69, 9.17) is 0 Å². The van der Waals surface area contributed by atoms with Gasteiger partial charge in [0.25, 0.3) is 0 Å². The Bertz CT molecular complexity index is 121. The highest BCUT2D eigenvalue weighted by molar-refractivity contribution is 4.49. The molecule has 0 fully saturated rings. The van der Waals surface area contributed by atoms with E-state index in [0.717, 1.165) is 25.7 Å². The van der Waals surface area contributed by atoms with Gasteiger partial charge in [-0.25, -0.2) is 10.2 Å². The SMILES string of the molecule is [O]CCCCCCCCCCCCCCCC[O]. The molecule has 0 spiro atoms. The third-order valence-corrected chi connectivity index (χ3v) is 3.54. The van der Waals surface area contributed by atoms with E-state index >= 15 is 0 Å². The lowest BCUT2D eigenvalue weighted by Crippen LogP contribution is -1.85. The number of rotatable bonds is 15. The van der Waals surface area contributed by atoms with Crippen LogP contribution in [0, 0.1) is 0 Å². The van der Waals surface area contributed by atoms with Gasteiger partial charge in [-0.05, 0) is 12.8 Å². The molecular weight excluding hydrogens is 224 g/mol. The average molecular weight is 256 g/mol. The summed E-state index contributed by atoms with van der Waals surface area (Å²) in [6, 6.07) is 0. The smallest absolute Gasteiger partial charge is 0.0822 e. The van der Waals surface area contributed by atoms with Crippen molar-refractivity contribution in [1.29, 1.82) is 0 Å². The van der Waals surface area contributed by atoms with E-state index < -0.39 is 0 Å². The second-order valence-electron chi connectivity index (χ2n) is 5.36. The van der Waals surface area contributed by atoms with Gasteiger partial charge in [0, 0.05) is 0 Å². The summed E-state index contributed by atoms with van der Waals surface area (Å²) in [5.74, 6) is 0. The summed E-state index contributed by atoms with van der Waals surface area (Å²) in [6.07, 6.45) is 17.3. The first-order valence-electron chi connectivity index (χ1n) is 8.08. The number of hydrogen-bond donors (Lipinski definition) is 0. The Morgan fingerprint density at radius 2 is 0.444 bits per heavy atom. The van der Waals surface area contributed by atoms with E-state index in [-0.39, 0.29) is 13.2 Å². The van der Waals surface area contributed by atoms with Gasteiger partial charge in [-0.1, -0.05) is 77.0 Å². The lowest BCUT2D eigenvalue weighted by molar-refractivity contribution is 0.185. The van der Waals surface area contributed by atoms with Crippen LogP contribution in [0.5, 0.6) is 0 Å². The quantitative estimate of drug-likeness (QED) is 0.356. The molecule has 18 heavy (non-hydrogen) atoms. The molecule has 0 aromatic heterocycles. The maximum atomic E-state index is 10.2. The highest BCUT2D eigenvalue weighted by atomic mass is 16.3. The molecule has 0 aromatic rings. The Balaban J connectivity index is 2.86. The normalized spacial score (nSPS) is 11.0. The first-order valence-corrected chi connectivity index (χ1v) is 8.08. The molecule has 0 heterocycles. The van der Waals surface area contributed by atoms with Crippen LogP contribution >= 0.6 is 0 Å². The number of hydrogen-bond acceptors (Lipinski definition) is 0. The van der Waals surface area contributed by atoms with Crippen LogP contribution in [-0.4, -0.2) is 13.2 Å². The molecule has 0 amide bonds. The molecule has 0 bridgehead atoms. The van der Waals surface area contributed by atoms with Gasteiger partial charge in [0.1, 0.15) is 0 Å². The molecule has 0 aliphatic heterocycles. The maximum absolute atomic E-state index is 10.2. The molecule has 0 atom stereocenters. The van der Waals surface area contributed by atoms with Crippen molar-refractivity contribution in [3.63, 3.8) is 0 Å². The van der Waals surface area contributed by atoms with Crippen LogP contribution in [0.2, 0.25) is 0 Å². The second-order valence-corrected chi connectivity index (χ2v) is 5.36. The molecular formula is C16H32O2. The second kappa shape index (κ2) is 16.9. The summed E-state index contributed by atoms with van der Waals surface area (Å²) in [5, 5.41) is 20.5. The van der Waals surface area contributed by atoms with E-state index in [1.807, 2.05) is 0 Å². The first kappa shape index (κ1) is 17.9. The highest BCUT2D eigenvalue weighted by Crippen LogP contribution is 2.12. The molecule has 2 radical (unpaired) electrons. The maximum Gasteiger partial charge on any atom is 0.0822 e. The Kier molecular flexibility index (Phi) is 16.8. The average Bonchev–Trinajstić information content (AvgIpc) is 2.39. The molecule has 0 N–H and O–H groups in total. The van der Waals surface area contributed by atoms with Crippen LogP contribution < -0.4 is 0 Å². The highest BCUT2D eigenvalue weighted by Gasteiger charge is 1.94. The van der Waals surface area contributed by atoms with E-state index in [1.165, 1.54) is 64.2 Å². The van der Waals surface area contributed by atoms with Crippen molar-refractivity contribution in [1.82, 2.24) is 0 Å². The zero-order chi connectivity index (χ0) is 13.3.